The lowest BCUT2D eigenvalue weighted by Crippen LogP contribution is -2.13. The SMILES string of the molecule is CC(=O)c1ccc(NC(=O)c2ccccc2-c2ccc(C(F)(F)F)cc2)cc1. The number of anilines is 1. The van der Waals surface area contributed by atoms with Crippen molar-refractivity contribution >= 4 is 17.4 Å². The van der Waals surface area contributed by atoms with Gasteiger partial charge in [0.2, 0.25) is 0 Å². The number of benzene rings is 3. The molecule has 0 aliphatic rings. The molecule has 3 nitrogen and oxygen atoms in total. The van der Waals surface area contributed by atoms with Crippen molar-refractivity contribution in [2.45, 2.75) is 13.1 Å². The second-order valence-corrected chi connectivity index (χ2v) is 6.21. The van der Waals surface area contributed by atoms with Gasteiger partial charge in [-0.1, -0.05) is 30.3 Å². The standard InChI is InChI=1S/C22H16F3NO2/c1-14(27)15-8-12-18(13-9-15)26-21(28)20-5-3-2-4-19(20)16-6-10-17(11-7-16)22(23,24)25/h2-13H,1H3,(H,26,28). The van der Waals surface area contributed by atoms with Crippen LogP contribution in [0.5, 0.6) is 0 Å². The maximum absolute atomic E-state index is 12.8. The van der Waals surface area contributed by atoms with Crippen molar-refractivity contribution in [2.75, 3.05) is 5.32 Å². The Balaban J connectivity index is 1.87. The second-order valence-electron chi connectivity index (χ2n) is 6.21. The number of amides is 1. The van der Waals surface area contributed by atoms with Gasteiger partial charge >= 0.3 is 6.18 Å². The van der Waals surface area contributed by atoms with Crippen LogP contribution in [0.1, 0.15) is 33.2 Å². The van der Waals surface area contributed by atoms with Gasteiger partial charge in [-0.2, -0.15) is 13.2 Å². The molecule has 0 aliphatic heterocycles. The molecule has 0 spiro atoms. The van der Waals surface area contributed by atoms with Crippen LogP contribution < -0.4 is 5.32 Å². The molecule has 0 bridgehead atoms. The maximum Gasteiger partial charge on any atom is 0.416 e. The number of halogens is 3. The van der Waals surface area contributed by atoms with Crippen molar-refractivity contribution in [2.24, 2.45) is 0 Å². The Morgan fingerprint density at radius 3 is 2.00 bits per heavy atom. The molecule has 0 fully saturated rings. The van der Waals surface area contributed by atoms with Crippen LogP contribution in [0, 0.1) is 0 Å². The first-order valence-electron chi connectivity index (χ1n) is 8.45. The molecular weight excluding hydrogens is 367 g/mol. The van der Waals surface area contributed by atoms with Gasteiger partial charge in [0.1, 0.15) is 0 Å². The first kappa shape index (κ1) is 19.4. The summed E-state index contributed by atoms with van der Waals surface area (Å²) in [7, 11) is 0. The summed E-state index contributed by atoms with van der Waals surface area (Å²) in [5.74, 6) is -0.475. The van der Waals surface area contributed by atoms with E-state index in [2.05, 4.69) is 5.32 Å². The molecule has 0 atom stereocenters. The normalized spacial score (nSPS) is 11.1. The fourth-order valence-corrected chi connectivity index (χ4v) is 2.76. The highest BCUT2D eigenvalue weighted by Gasteiger charge is 2.30. The largest absolute Gasteiger partial charge is 0.416 e. The van der Waals surface area contributed by atoms with Gasteiger partial charge in [-0.15, -0.1) is 0 Å². The summed E-state index contributed by atoms with van der Waals surface area (Å²) in [5, 5.41) is 2.74. The number of Topliss-reactive ketones (excluding diaryl/α,β-unsaturated/α-hetero) is 1. The molecule has 0 radical (unpaired) electrons. The lowest BCUT2D eigenvalue weighted by atomic mass is 9.98. The fraction of sp³-hybridized carbons (Fsp3) is 0.0909. The predicted octanol–water partition coefficient (Wildman–Crippen LogP) is 5.83. The van der Waals surface area contributed by atoms with Gasteiger partial charge in [0.25, 0.3) is 5.91 Å². The van der Waals surface area contributed by atoms with Crippen molar-refractivity contribution in [1.29, 1.82) is 0 Å². The van der Waals surface area contributed by atoms with Crippen molar-refractivity contribution in [1.82, 2.24) is 0 Å². The van der Waals surface area contributed by atoms with E-state index in [1.54, 1.807) is 48.5 Å². The first-order valence-corrected chi connectivity index (χ1v) is 8.45. The lowest BCUT2D eigenvalue weighted by Gasteiger charge is -2.12. The third-order valence-corrected chi connectivity index (χ3v) is 4.24. The Morgan fingerprint density at radius 1 is 0.821 bits per heavy atom. The van der Waals surface area contributed by atoms with Crippen LogP contribution in [-0.2, 0) is 6.18 Å². The number of nitrogens with one attached hydrogen (secondary N) is 1. The Kier molecular flexibility index (Phi) is 5.31. The van der Waals surface area contributed by atoms with Gasteiger partial charge in [-0.25, -0.2) is 0 Å². The highest BCUT2D eigenvalue weighted by Crippen LogP contribution is 2.32. The zero-order valence-corrected chi connectivity index (χ0v) is 14.9. The number of carbonyl (C=O) groups excluding carboxylic acids is 2. The van der Waals surface area contributed by atoms with Gasteiger partial charge in [0, 0.05) is 16.8 Å². The van der Waals surface area contributed by atoms with Crippen LogP contribution in [0.25, 0.3) is 11.1 Å². The number of hydrogen-bond acceptors (Lipinski definition) is 2. The number of ketones is 1. The topological polar surface area (TPSA) is 46.2 Å². The van der Waals surface area contributed by atoms with E-state index in [1.807, 2.05) is 0 Å². The summed E-state index contributed by atoms with van der Waals surface area (Å²) in [4.78, 5) is 24.0. The van der Waals surface area contributed by atoms with E-state index < -0.39 is 17.6 Å². The molecule has 142 valence electrons. The summed E-state index contributed by atoms with van der Waals surface area (Å²) in [6, 6.07) is 17.8. The summed E-state index contributed by atoms with van der Waals surface area (Å²) in [5.41, 5.74) is 1.65. The van der Waals surface area contributed by atoms with Gasteiger partial charge in [0.15, 0.2) is 5.78 Å². The molecule has 0 saturated heterocycles. The summed E-state index contributed by atoms with van der Waals surface area (Å²) in [6.45, 7) is 1.45. The van der Waals surface area contributed by atoms with E-state index in [0.717, 1.165) is 12.1 Å². The molecule has 1 amide bonds. The third kappa shape index (κ3) is 4.28. The Labute approximate surface area is 159 Å². The smallest absolute Gasteiger partial charge is 0.322 e. The number of rotatable bonds is 4. The van der Waals surface area contributed by atoms with Crippen LogP contribution >= 0.6 is 0 Å². The molecule has 0 heterocycles. The molecule has 0 aliphatic carbocycles. The summed E-state index contributed by atoms with van der Waals surface area (Å²) < 4.78 is 38.3. The molecule has 6 heteroatoms. The highest BCUT2D eigenvalue weighted by molar-refractivity contribution is 6.08. The van der Waals surface area contributed by atoms with E-state index in [4.69, 9.17) is 0 Å². The van der Waals surface area contributed by atoms with Crippen LogP contribution in [0.15, 0.2) is 72.8 Å². The van der Waals surface area contributed by atoms with E-state index in [-0.39, 0.29) is 5.78 Å². The minimum atomic E-state index is -4.42. The Morgan fingerprint density at radius 2 is 1.43 bits per heavy atom. The quantitative estimate of drug-likeness (QED) is 0.577. The highest BCUT2D eigenvalue weighted by atomic mass is 19.4. The van der Waals surface area contributed by atoms with Gasteiger partial charge in [-0.3, -0.25) is 9.59 Å². The Bertz CT molecular complexity index is 1010. The molecule has 0 aromatic heterocycles. The van der Waals surface area contributed by atoms with Crippen LogP contribution in [0.2, 0.25) is 0 Å². The van der Waals surface area contributed by atoms with Crippen LogP contribution in [-0.4, -0.2) is 11.7 Å². The van der Waals surface area contributed by atoms with Crippen molar-refractivity contribution in [3.8, 4) is 11.1 Å². The maximum atomic E-state index is 12.8. The van der Waals surface area contributed by atoms with Gasteiger partial charge < -0.3 is 5.32 Å². The fourth-order valence-electron chi connectivity index (χ4n) is 2.76. The number of alkyl halides is 3. The van der Waals surface area contributed by atoms with Crippen molar-refractivity contribution in [3.63, 3.8) is 0 Å². The molecule has 3 aromatic carbocycles. The van der Waals surface area contributed by atoms with Crippen LogP contribution in [0.4, 0.5) is 18.9 Å². The van der Waals surface area contributed by atoms with E-state index >= 15 is 0 Å². The summed E-state index contributed by atoms with van der Waals surface area (Å²) >= 11 is 0. The second kappa shape index (κ2) is 7.68. The van der Waals surface area contributed by atoms with Gasteiger partial charge in [0.05, 0.1) is 5.56 Å². The van der Waals surface area contributed by atoms with Crippen molar-refractivity contribution < 1.29 is 22.8 Å². The zero-order valence-electron chi connectivity index (χ0n) is 14.9. The lowest BCUT2D eigenvalue weighted by molar-refractivity contribution is -0.137. The molecule has 3 aromatic rings. The third-order valence-electron chi connectivity index (χ3n) is 4.24. The van der Waals surface area contributed by atoms with E-state index in [9.17, 15) is 22.8 Å². The molecule has 28 heavy (non-hydrogen) atoms. The number of carbonyl (C=O) groups is 2. The van der Waals surface area contributed by atoms with Crippen molar-refractivity contribution in [3.05, 3.63) is 89.5 Å². The van der Waals surface area contributed by atoms with Gasteiger partial charge in [-0.05, 0) is 60.5 Å². The molecule has 0 unspecified atom stereocenters. The van der Waals surface area contributed by atoms with E-state index in [1.165, 1.54) is 19.1 Å². The Hall–Kier alpha value is -3.41. The average Bonchev–Trinajstić information content (AvgIpc) is 2.68. The van der Waals surface area contributed by atoms with E-state index in [0.29, 0.717) is 27.9 Å². The predicted molar refractivity (Wildman–Crippen MR) is 101 cm³/mol. The molecule has 1 N–H and O–H groups in total. The monoisotopic (exact) mass is 383 g/mol. The molecule has 3 rings (SSSR count). The minimum absolute atomic E-state index is 0.0782. The first-order chi connectivity index (χ1) is 13.3. The summed E-state index contributed by atoms with van der Waals surface area (Å²) in [6.07, 6.45) is -4.42. The average molecular weight is 383 g/mol. The number of hydrogen-bond donors (Lipinski definition) is 1. The molecule has 0 saturated carbocycles. The zero-order chi connectivity index (χ0) is 20.3. The minimum Gasteiger partial charge on any atom is -0.322 e. The van der Waals surface area contributed by atoms with Crippen LogP contribution in [0.3, 0.4) is 0 Å². The molecular formula is C22H16F3NO2.